The predicted molar refractivity (Wildman–Crippen MR) is 51.8 cm³/mol. The largest absolute Gasteiger partial charge is 0.476 e. The molecular weight excluding hydrogens is 190 g/mol. The molecule has 5 nitrogen and oxygen atoms in total. The monoisotopic (exact) mass is 205 g/mol. The van der Waals surface area contributed by atoms with Crippen molar-refractivity contribution >= 4 is 8.07 Å². The molecule has 0 aromatic carbocycles. The Bertz CT molecular complexity index is 209. The highest BCUT2D eigenvalue weighted by atomic mass is 28.3. The summed E-state index contributed by atoms with van der Waals surface area (Å²) in [5.74, 6) is -0.622. The average molecular weight is 205 g/mol. The Morgan fingerprint density at radius 2 is 2.15 bits per heavy atom. The number of rotatable bonds is 5. The zero-order chi connectivity index (χ0) is 10.5. The molecule has 0 saturated carbocycles. The molecule has 0 spiro atoms. The van der Waals surface area contributed by atoms with Crippen LogP contribution in [-0.2, 0) is 4.74 Å². The average Bonchev–Trinajstić information content (AvgIpc) is 1.81. The highest BCUT2D eigenvalue weighted by Crippen LogP contribution is 2.08. The van der Waals surface area contributed by atoms with Gasteiger partial charge in [0, 0.05) is 8.07 Å². The first-order chi connectivity index (χ1) is 5.81. The molecule has 0 aliphatic carbocycles. The second kappa shape index (κ2) is 4.86. The first-order valence-corrected chi connectivity index (χ1v) is 7.69. The molecule has 0 aromatic heterocycles. The third-order valence-electron chi connectivity index (χ3n) is 1.32. The van der Waals surface area contributed by atoms with Gasteiger partial charge in [-0.15, -0.1) is 0 Å². The normalized spacial score (nSPS) is 12.7. The molecule has 13 heavy (non-hydrogen) atoms. The van der Waals surface area contributed by atoms with Crippen LogP contribution >= 0.6 is 0 Å². The standard InChI is InChI=1S/C7H15NO4Si/c1-13(2,3)5-4-12-7(9)6-8(10)11/h6,9H,4-5H2,1-3H3. The Balaban J connectivity index is 3.72. The first kappa shape index (κ1) is 12.0. The van der Waals surface area contributed by atoms with E-state index >= 15 is 0 Å². The topological polar surface area (TPSA) is 72.6 Å². The van der Waals surface area contributed by atoms with E-state index in [-0.39, 0.29) is 0 Å². The van der Waals surface area contributed by atoms with Gasteiger partial charge in [-0.1, -0.05) is 19.6 Å². The quantitative estimate of drug-likeness (QED) is 0.322. The van der Waals surface area contributed by atoms with Crippen LogP contribution in [0, 0.1) is 10.1 Å². The van der Waals surface area contributed by atoms with Crippen molar-refractivity contribution in [3.8, 4) is 0 Å². The maximum atomic E-state index is 9.87. The second-order valence-electron chi connectivity index (χ2n) is 3.91. The fourth-order valence-electron chi connectivity index (χ4n) is 0.589. The SMILES string of the molecule is C[Si](C)(C)CCOC(O)=C[N+](=O)[O-]. The van der Waals surface area contributed by atoms with Crippen LogP contribution in [0.15, 0.2) is 12.1 Å². The van der Waals surface area contributed by atoms with Gasteiger partial charge in [0.15, 0.2) is 0 Å². The second-order valence-corrected chi connectivity index (χ2v) is 9.53. The maximum Gasteiger partial charge on any atom is 0.350 e. The summed E-state index contributed by atoms with van der Waals surface area (Å²) in [6.07, 6.45) is 0.449. The molecule has 0 radical (unpaired) electrons. The minimum Gasteiger partial charge on any atom is -0.476 e. The van der Waals surface area contributed by atoms with E-state index in [1.165, 1.54) is 0 Å². The molecule has 0 aliphatic heterocycles. The molecule has 0 bridgehead atoms. The van der Waals surface area contributed by atoms with Gasteiger partial charge in [-0.2, -0.15) is 0 Å². The lowest BCUT2D eigenvalue weighted by atomic mass is 10.8. The molecule has 0 atom stereocenters. The van der Waals surface area contributed by atoms with Crippen LogP contribution in [0.2, 0.25) is 25.7 Å². The summed E-state index contributed by atoms with van der Waals surface area (Å²) in [7, 11) is -1.20. The summed E-state index contributed by atoms with van der Waals surface area (Å²) >= 11 is 0. The van der Waals surface area contributed by atoms with E-state index in [1.54, 1.807) is 0 Å². The van der Waals surface area contributed by atoms with Crippen molar-refractivity contribution in [3.63, 3.8) is 0 Å². The zero-order valence-corrected chi connectivity index (χ0v) is 9.11. The van der Waals surface area contributed by atoms with Crippen molar-refractivity contribution < 1.29 is 14.8 Å². The molecule has 0 aromatic rings. The number of ether oxygens (including phenoxy) is 1. The Labute approximate surface area is 78.2 Å². The fraction of sp³-hybridized carbons (Fsp3) is 0.714. The van der Waals surface area contributed by atoms with Gasteiger partial charge >= 0.3 is 12.1 Å². The van der Waals surface area contributed by atoms with Crippen LogP contribution in [-0.4, -0.2) is 24.7 Å². The molecule has 6 heteroatoms. The highest BCUT2D eigenvalue weighted by Gasteiger charge is 2.13. The van der Waals surface area contributed by atoms with Gasteiger partial charge in [-0.05, 0) is 6.04 Å². The highest BCUT2D eigenvalue weighted by molar-refractivity contribution is 6.76. The molecule has 76 valence electrons. The first-order valence-electron chi connectivity index (χ1n) is 3.98. The predicted octanol–water partition coefficient (Wildman–Crippen LogP) is 1.97. The maximum absolute atomic E-state index is 9.87. The lowest BCUT2D eigenvalue weighted by molar-refractivity contribution is -0.407. The summed E-state index contributed by atoms with van der Waals surface area (Å²) in [4.78, 5) is 9.12. The molecule has 1 N–H and O–H groups in total. The van der Waals surface area contributed by atoms with Gasteiger partial charge < -0.3 is 9.84 Å². The molecule has 0 heterocycles. The lowest BCUT2D eigenvalue weighted by Crippen LogP contribution is -2.21. The summed E-state index contributed by atoms with van der Waals surface area (Å²) in [5, 5.41) is 18.7. The van der Waals surface area contributed by atoms with Crippen LogP contribution in [0.5, 0.6) is 0 Å². The molecular formula is C7H15NO4Si. The Kier molecular flexibility index (Phi) is 4.47. The van der Waals surface area contributed by atoms with Crippen molar-refractivity contribution in [1.29, 1.82) is 0 Å². The lowest BCUT2D eigenvalue weighted by Gasteiger charge is -2.14. The summed E-state index contributed by atoms with van der Waals surface area (Å²) in [6.45, 7) is 6.81. The van der Waals surface area contributed by atoms with E-state index in [0.717, 1.165) is 6.04 Å². The fourth-order valence-corrected chi connectivity index (χ4v) is 1.30. The van der Waals surface area contributed by atoms with E-state index in [9.17, 15) is 10.1 Å². The van der Waals surface area contributed by atoms with E-state index in [1.807, 2.05) is 0 Å². The smallest absolute Gasteiger partial charge is 0.350 e. The van der Waals surface area contributed by atoms with Gasteiger partial charge in [0.25, 0.3) is 0 Å². The van der Waals surface area contributed by atoms with Gasteiger partial charge in [0.2, 0.25) is 0 Å². The van der Waals surface area contributed by atoms with Crippen molar-refractivity contribution in [2.45, 2.75) is 25.7 Å². The van der Waals surface area contributed by atoms with E-state index in [0.29, 0.717) is 12.8 Å². The van der Waals surface area contributed by atoms with Gasteiger partial charge in [-0.25, -0.2) is 0 Å². The van der Waals surface area contributed by atoms with Crippen LogP contribution in [0.25, 0.3) is 0 Å². The third-order valence-corrected chi connectivity index (χ3v) is 3.02. The molecule has 0 amide bonds. The van der Waals surface area contributed by atoms with Crippen molar-refractivity contribution in [3.05, 3.63) is 22.3 Å². The molecule has 0 rings (SSSR count). The van der Waals surface area contributed by atoms with Crippen molar-refractivity contribution in [2.75, 3.05) is 6.61 Å². The third kappa shape index (κ3) is 8.87. The Morgan fingerprint density at radius 3 is 2.54 bits per heavy atom. The minimum absolute atomic E-state index is 0.339. The Hall–Kier alpha value is -1.04. The number of hydrogen-bond acceptors (Lipinski definition) is 4. The van der Waals surface area contributed by atoms with E-state index in [2.05, 4.69) is 19.6 Å². The number of aliphatic hydroxyl groups excluding tert-OH is 1. The zero-order valence-electron chi connectivity index (χ0n) is 8.11. The van der Waals surface area contributed by atoms with E-state index in [4.69, 9.17) is 9.84 Å². The summed E-state index contributed by atoms with van der Waals surface area (Å²) < 4.78 is 4.74. The van der Waals surface area contributed by atoms with Gasteiger partial charge in [0.05, 0.1) is 11.5 Å². The minimum atomic E-state index is -1.20. The van der Waals surface area contributed by atoms with E-state index < -0.39 is 18.9 Å². The van der Waals surface area contributed by atoms with Crippen LogP contribution in [0.3, 0.4) is 0 Å². The van der Waals surface area contributed by atoms with Crippen LogP contribution < -0.4 is 0 Å². The number of nitro groups is 1. The summed E-state index contributed by atoms with van der Waals surface area (Å²) in [6, 6.07) is 0.864. The number of nitrogens with zero attached hydrogens (tertiary/aromatic N) is 1. The molecule has 0 fully saturated rings. The van der Waals surface area contributed by atoms with Gasteiger partial charge in [0.1, 0.15) is 0 Å². The molecule has 0 saturated heterocycles. The Morgan fingerprint density at radius 1 is 1.62 bits per heavy atom. The van der Waals surface area contributed by atoms with Crippen molar-refractivity contribution in [1.82, 2.24) is 0 Å². The number of aliphatic hydroxyl groups is 1. The van der Waals surface area contributed by atoms with Crippen LogP contribution in [0.4, 0.5) is 0 Å². The number of hydrogen-bond donors (Lipinski definition) is 1. The molecule has 0 aliphatic rings. The summed E-state index contributed by atoms with van der Waals surface area (Å²) in [5.41, 5.74) is 0. The van der Waals surface area contributed by atoms with Gasteiger partial charge in [-0.3, -0.25) is 10.1 Å². The molecule has 0 unspecified atom stereocenters. The van der Waals surface area contributed by atoms with Crippen molar-refractivity contribution in [2.24, 2.45) is 0 Å². The van der Waals surface area contributed by atoms with Crippen LogP contribution in [0.1, 0.15) is 0 Å².